The quantitative estimate of drug-likeness (QED) is 0.929. The summed E-state index contributed by atoms with van der Waals surface area (Å²) in [7, 11) is 0. The number of hydrogen-bond acceptors (Lipinski definition) is 6. The van der Waals surface area contributed by atoms with Crippen molar-refractivity contribution in [1.82, 2.24) is 15.1 Å². The van der Waals surface area contributed by atoms with Gasteiger partial charge in [-0.1, -0.05) is 0 Å². The number of rotatable bonds is 3. The average molecular weight is 328 g/mol. The van der Waals surface area contributed by atoms with Crippen LogP contribution in [-0.4, -0.2) is 39.4 Å². The molecule has 0 saturated carbocycles. The molecule has 2 aromatic rings. The van der Waals surface area contributed by atoms with Crippen molar-refractivity contribution in [2.75, 3.05) is 13.1 Å². The van der Waals surface area contributed by atoms with E-state index in [2.05, 4.69) is 31.0 Å². The summed E-state index contributed by atoms with van der Waals surface area (Å²) >= 11 is 3.23. The van der Waals surface area contributed by atoms with E-state index in [1.54, 1.807) is 12.1 Å². The first-order valence-electron chi connectivity index (χ1n) is 6.19. The van der Waals surface area contributed by atoms with Gasteiger partial charge in [0.2, 0.25) is 5.89 Å². The van der Waals surface area contributed by atoms with Gasteiger partial charge in [0.15, 0.2) is 10.4 Å². The minimum atomic E-state index is -0.253. The van der Waals surface area contributed by atoms with Crippen molar-refractivity contribution >= 4 is 15.9 Å². The lowest BCUT2D eigenvalue weighted by molar-refractivity contribution is 0.0625. The molecule has 1 atom stereocenters. The van der Waals surface area contributed by atoms with Crippen LogP contribution in [0.4, 0.5) is 0 Å². The molecule has 0 amide bonds. The molecule has 0 spiro atoms. The van der Waals surface area contributed by atoms with Crippen LogP contribution in [0.3, 0.4) is 0 Å². The lowest BCUT2D eigenvalue weighted by Crippen LogP contribution is -2.37. The lowest BCUT2D eigenvalue weighted by Gasteiger charge is -2.28. The summed E-state index contributed by atoms with van der Waals surface area (Å²) in [5.74, 6) is 1.46. The highest BCUT2D eigenvalue weighted by molar-refractivity contribution is 9.10. The summed E-state index contributed by atoms with van der Waals surface area (Å²) in [5.41, 5.74) is 0. The molecule has 1 aliphatic heterocycles. The zero-order chi connectivity index (χ0) is 13.2. The maximum absolute atomic E-state index is 9.62. The second kappa shape index (κ2) is 5.44. The molecular weight excluding hydrogens is 314 g/mol. The zero-order valence-electron chi connectivity index (χ0n) is 10.3. The molecule has 1 saturated heterocycles. The minimum absolute atomic E-state index is 0.253. The maximum Gasteiger partial charge on any atom is 0.283 e. The highest BCUT2D eigenvalue weighted by atomic mass is 79.9. The number of piperidine rings is 1. The summed E-state index contributed by atoms with van der Waals surface area (Å²) in [5, 5.41) is 17.6. The van der Waals surface area contributed by atoms with Gasteiger partial charge in [0.25, 0.3) is 5.89 Å². The molecule has 0 radical (unpaired) electrons. The van der Waals surface area contributed by atoms with Crippen LogP contribution < -0.4 is 0 Å². The molecule has 0 aliphatic carbocycles. The molecule has 0 unspecified atom stereocenters. The first kappa shape index (κ1) is 12.8. The van der Waals surface area contributed by atoms with Crippen molar-refractivity contribution < 1.29 is 13.9 Å². The fraction of sp³-hybridized carbons (Fsp3) is 0.500. The first-order valence-corrected chi connectivity index (χ1v) is 6.98. The van der Waals surface area contributed by atoms with E-state index in [1.165, 1.54) is 0 Å². The van der Waals surface area contributed by atoms with Crippen molar-refractivity contribution in [3.8, 4) is 11.7 Å². The van der Waals surface area contributed by atoms with E-state index in [4.69, 9.17) is 8.83 Å². The monoisotopic (exact) mass is 327 g/mol. The third kappa shape index (κ3) is 3.05. The highest BCUT2D eigenvalue weighted by Gasteiger charge is 2.20. The number of nitrogens with zero attached hydrogens (tertiary/aromatic N) is 3. The Morgan fingerprint density at radius 3 is 3.00 bits per heavy atom. The summed E-state index contributed by atoms with van der Waals surface area (Å²) in [4.78, 5) is 2.11. The smallest absolute Gasteiger partial charge is 0.283 e. The molecule has 19 heavy (non-hydrogen) atoms. The van der Waals surface area contributed by atoms with Crippen molar-refractivity contribution in [1.29, 1.82) is 0 Å². The topological polar surface area (TPSA) is 75.5 Å². The molecule has 7 heteroatoms. The summed E-state index contributed by atoms with van der Waals surface area (Å²) in [6, 6.07) is 3.55. The fourth-order valence-corrected chi connectivity index (χ4v) is 2.52. The Labute approximate surface area is 118 Å². The largest absolute Gasteiger partial charge is 0.444 e. The molecule has 1 fully saturated rings. The minimum Gasteiger partial charge on any atom is -0.444 e. The Morgan fingerprint density at radius 1 is 1.37 bits per heavy atom. The van der Waals surface area contributed by atoms with Crippen LogP contribution >= 0.6 is 15.9 Å². The molecule has 2 aromatic heterocycles. The molecule has 3 rings (SSSR count). The number of hydrogen-bond donors (Lipinski definition) is 1. The average Bonchev–Trinajstić information content (AvgIpc) is 2.98. The number of furan rings is 1. The normalized spacial score (nSPS) is 20.8. The van der Waals surface area contributed by atoms with Crippen LogP contribution in [0.25, 0.3) is 11.7 Å². The zero-order valence-corrected chi connectivity index (χ0v) is 11.8. The summed E-state index contributed by atoms with van der Waals surface area (Å²) in [6.45, 7) is 2.16. The Morgan fingerprint density at radius 2 is 2.26 bits per heavy atom. The van der Waals surface area contributed by atoms with E-state index in [0.717, 1.165) is 19.4 Å². The van der Waals surface area contributed by atoms with Gasteiger partial charge in [-0.05, 0) is 47.4 Å². The van der Waals surface area contributed by atoms with E-state index in [0.29, 0.717) is 35.3 Å². The van der Waals surface area contributed by atoms with Gasteiger partial charge in [0, 0.05) is 6.54 Å². The third-order valence-corrected chi connectivity index (χ3v) is 3.52. The molecule has 3 heterocycles. The van der Waals surface area contributed by atoms with Crippen LogP contribution in [0.1, 0.15) is 18.7 Å². The number of aromatic nitrogens is 2. The number of aliphatic hydroxyl groups is 1. The molecular formula is C12H14BrN3O3. The molecule has 1 aliphatic rings. The fourth-order valence-electron chi connectivity index (χ4n) is 2.21. The van der Waals surface area contributed by atoms with Gasteiger partial charge in [-0.15, -0.1) is 10.2 Å². The number of β-amino-alcohol motifs (C(OH)–C–C–N with tert-alkyl or cyclic N) is 1. The number of halogens is 1. The third-order valence-electron chi connectivity index (χ3n) is 3.09. The van der Waals surface area contributed by atoms with Crippen molar-refractivity contribution in [2.24, 2.45) is 0 Å². The molecule has 1 N–H and O–H groups in total. The molecule has 0 bridgehead atoms. The van der Waals surface area contributed by atoms with Crippen molar-refractivity contribution in [3.05, 3.63) is 22.7 Å². The van der Waals surface area contributed by atoms with Crippen LogP contribution in [-0.2, 0) is 6.54 Å². The Hall–Kier alpha value is -1.18. The lowest BCUT2D eigenvalue weighted by atomic mass is 10.1. The standard InChI is InChI=1S/C12H14BrN3O3/c13-10-4-3-9(18-10)12-15-14-11(19-12)7-16-5-1-2-8(17)6-16/h3-4,8,17H,1-2,5-7H2/t8-/m0/s1. The van der Waals surface area contributed by atoms with E-state index in [1.807, 2.05) is 0 Å². The molecule has 0 aromatic carbocycles. The van der Waals surface area contributed by atoms with E-state index in [-0.39, 0.29) is 6.10 Å². The Kier molecular flexibility index (Phi) is 3.67. The van der Waals surface area contributed by atoms with Crippen LogP contribution in [0, 0.1) is 0 Å². The SMILES string of the molecule is O[C@H]1CCCN(Cc2nnc(-c3ccc(Br)o3)o2)C1. The van der Waals surface area contributed by atoms with Crippen LogP contribution in [0.2, 0.25) is 0 Å². The second-order valence-electron chi connectivity index (χ2n) is 4.64. The highest BCUT2D eigenvalue weighted by Crippen LogP contribution is 2.24. The van der Waals surface area contributed by atoms with Gasteiger partial charge < -0.3 is 13.9 Å². The maximum atomic E-state index is 9.62. The second-order valence-corrected chi connectivity index (χ2v) is 5.42. The summed E-state index contributed by atoms with van der Waals surface area (Å²) in [6.07, 6.45) is 1.61. The van der Waals surface area contributed by atoms with E-state index >= 15 is 0 Å². The molecule has 6 nitrogen and oxygen atoms in total. The Bertz CT molecular complexity index is 554. The predicted octanol–water partition coefficient (Wildman–Crippen LogP) is 2.05. The van der Waals surface area contributed by atoms with Gasteiger partial charge >= 0.3 is 0 Å². The number of aliphatic hydroxyl groups excluding tert-OH is 1. The first-order chi connectivity index (χ1) is 9.20. The molecule has 102 valence electrons. The van der Waals surface area contributed by atoms with Gasteiger partial charge in [0.1, 0.15) is 0 Å². The number of likely N-dealkylation sites (tertiary alicyclic amines) is 1. The predicted molar refractivity (Wildman–Crippen MR) is 70.2 cm³/mol. The van der Waals surface area contributed by atoms with Gasteiger partial charge in [-0.3, -0.25) is 4.90 Å². The van der Waals surface area contributed by atoms with Crippen molar-refractivity contribution in [3.63, 3.8) is 0 Å². The van der Waals surface area contributed by atoms with Gasteiger partial charge in [-0.25, -0.2) is 0 Å². The summed E-state index contributed by atoms with van der Waals surface area (Å²) < 4.78 is 11.5. The van der Waals surface area contributed by atoms with Crippen LogP contribution in [0.5, 0.6) is 0 Å². The van der Waals surface area contributed by atoms with Crippen molar-refractivity contribution in [2.45, 2.75) is 25.5 Å². The Balaban J connectivity index is 1.68. The van der Waals surface area contributed by atoms with Gasteiger partial charge in [0.05, 0.1) is 12.6 Å². The van der Waals surface area contributed by atoms with Gasteiger partial charge in [-0.2, -0.15) is 0 Å². The van der Waals surface area contributed by atoms with E-state index < -0.39 is 0 Å². The van der Waals surface area contributed by atoms with Crippen LogP contribution in [0.15, 0.2) is 25.6 Å². The van der Waals surface area contributed by atoms with E-state index in [9.17, 15) is 5.11 Å².